The standard InChI is InChI=1S/C18H11F3N4O/c19-18(20,21)15-10-4-8-13(22-15)16-23-17(14-9-5-11-25(14)24-16)26-12-6-2-1-3-7-12/h1-11H. The molecule has 5 nitrogen and oxygen atoms in total. The molecular formula is C18H11F3N4O. The normalized spacial score (nSPS) is 11.7. The topological polar surface area (TPSA) is 52.3 Å². The average Bonchev–Trinajstić information content (AvgIpc) is 3.11. The maximum absolute atomic E-state index is 12.9. The van der Waals surface area contributed by atoms with Crippen LogP contribution in [0, 0.1) is 0 Å². The van der Waals surface area contributed by atoms with E-state index < -0.39 is 11.9 Å². The van der Waals surface area contributed by atoms with Crippen LogP contribution in [-0.4, -0.2) is 19.6 Å². The number of para-hydroxylation sites is 1. The van der Waals surface area contributed by atoms with Crippen molar-refractivity contribution in [3.8, 4) is 23.1 Å². The monoisotopic (exact) mass is 356 g/mol. The molecule has 8 heteroatoms. The largest absolute Gasteiger partial charge is 0.437 e. The van der Waals surface area contributed by atoms with Gasteiger partial charge in [0, 0.05) is 6.20 Å². The quantitative estimate of drug-likeness (QED) is 0.538. The van der Waals surface area contributed by atoms with Crippen LogP contribution in [-0.2, 0) is 6.18 Å². The number of hydrogen-bond donors (Lipinski definition) is 0. The Hall–Kier alpha value is -3.42. The van der Waals surface area contributed by atoms with Crippen molar-refractivity contribution >= 4 is 5.52 Å². The summed E-state index contributed by atoms with van der Waals surface area (Å²) >= 11 is 0. The molecule has 0 saturated carbocycles. The molecule has 0 spiro atoms. The second kappa shape index (κ2) is 6.14. The third-order valence-corrected chi connectivity index (χ3v) is 3.58. The molecule has 0 aliphatic heterocycles. The Balaban J connectivity index is 1.82. The van der Waals surface area contributed by atoms with E-state index in [1.165, 1.54) is 16.6 Å². The van der Waals surface area contributed by atoms with E-state index in [1.54, 1.807) is 42.6 Å². The summed E-state index contributed by atoms with van der Waals surface area (Å²) in [5.74, 6) is 0.813. The van der Waals surface area contributed by atoms with Crippen molar-refractivity contribution in [2.45, 2.75) is 6.18 Å². The molecule has 0 amide bonds. The average molecular weight is 356 g/mol. The lowest BCUT2D eigenvalue weighted by Crippen LogP contribution is -2.09. The third kappa shape index (κ3) is 3.08. The number of alkyl halides is 3. The summed E-state index contributed by atoms with van der Waals surface area (Å²) in [5.41, 5.74) is -0.408. The van der Waals surface area contributed by atoms with Crippen LogP contribution in [0.4, 0.5) is 13.2 Å². The zero-order chi connectivity index (χ0) is 18.1. The fourth-order valence-corrected chi connectivity index (χ4v) is 2.41. The molecule has 0 saturated heterocycles. The van der Waals surface area contributed by atoms with Crippen molar-refractivity contribution in [2.24, 2.45) is 0 Å². The van der Waals surface area contributed by atoms with E-state index in [0.717, 1.165) is 6.07 Å². The van der Waals surface area contributed by atoms with E-state index in [2.05, 4.69) is 15.1 Å². The van der Waals surface area contributed by atoms with E-state index in [1.807, 2.05) is 6.07 Å². The van der Waals surface area contributed by atoms with Crippen LogP contribution in [0.15, 0.2) is 66.9 Å². The first-order chi connectivity index (χ1) is 12.5. The van der Waals surface area contributed by atoms with E-state index in [9.17, 15) is 13.2 Å². The van der Waals surface area contributed by atoms with Gasteiger partial charge in [-0.3, -0.25) is 0 Å². The number of rotatable bonds is 3. The number of nitrogens with zero attached hydrogens (tertiary/aromatic N) is 4. The molecule has 0 fully saturated rings. The zero-order valence-electron chi connectivity index (χ0n) is 13.2. The summed E-state index contributed by atoms with van der Waals surface area (Å²) in [5, 5.41) is 4.23. The number of aromatic nitrogens is 4. The first-order valence-electron chi connectivity index (χ1n) is 7.64. The molecule has 0 unspecified atom stereocenters. The Morgan fingerprint density at radius 3 is 2.42 bits per heavy atom. The van der Waals surface area contributed by atoms with Gasteiger partial charge in [0.05, 0.1) is 0 Å². The number of pyridine rings is 1. The van der Waals surface area contributed by atoms with Crippen LogP contribution >= 0.6 is 0 Å². The maximum Gasteiger partial charge on any atom is 0.433 e. The number of hydrogen-bond acceptors (Lipinski definition) is 4. The lowest BCUT2D eigenvalue weighted by molar-refractivity contribution is -0.141. The van der Waals surface area contributed by atoms with E-state index in [0.29, 0.717) is 11.3 Å². The zero-order valence-corrected chi connectivity index (χ0v) is 13.2. The molecule has 3 heterocycles. The summed E-state index contributed by atoms with van der Waals surface area (Å²) in [6, 6.07) is 16.1. The van der Waals surface area contributed by atoms with Gasteiger partial charge in [0.1, 0.15) is 22.7 Å². The summed E-state index contributed by atoms with van der Waals surface area (Å²) in [6.45, 7) is 0. The summed E-state index contributed by atoms with van der Waals surface area (Å²) in [7, 11) is 0. The molecule has 0 aliphatic carbocycles. The smallest absolute Gasteiger partial charge is 0.433 e. The Morgan fingerprint density at radius 2 is 1.65 bits per heavy atom. The van der Waals surface area contributed by atoms with Gasteiger partial charge in [-0.15, -0.1) is 5.10 Å². The van der Waals surface area contributed by atoms with Gasteiger partial charge in [0.25, 0.3) is 0 Å². The highest BCUT2D eigenvalue weighted by Gasteiger charge is 2.32. The van der Waals surface area contributed by atoms with Gasteiger partial charge >= 0.3 is 6.18 Å². The minimum Gasteiger partial charge on any atom is -0.437 e. The summed E-state index contributed by atoms with van der Waals surface area (Å²) < 4.78 is 46.0. The van der Waals surface area contributed by atoms with E-state index in [-0.39, 0.29) is 17.4 Å². The minimum atomic E-state index is -4.54. The van der Waals surface area contributed by atoms with Crippen molar-refractivity contribution in [1.82, 2.24) is 19.6 Å². The van der Waals surface area contributed by atoms with Crippen LogP contribution in [0.2, 0.25) is 0 Å². The van der Waals surface area contributed by atoms with Crippen LogP contribution in [0.3, 0.4) is 0 Å². The molecule has 0 bridgehead atoms. The molecule has 4 aromatic rings. The van der Waals surface area contributed by atoms with Gasteiger partial charge in [0.2, 0.25) is 11.7 Å². The van der Waals surface area contributed by atoms with Crippen LogP contribution in [0.5, 0.6) is 11.6 Å². The number of fused-ring (bicyclic) bond motifs is 1. The predicted octanol–water partition coefficient (Wildman–Crippen LogP) is 4.60. The summed E-state index contributed by atoms with van der Waals surface area (Å²) in [6.07, 6.45) is -2.89. The van der Waals surface area contributed by atoms with Gasteiger partial charge in [-0.1, -0.05) is 24.3 Å². The first kappa shape index (κ1) is 16.1. The molecule has 26 heavy (non-hydrogen) atoms. The highest BCUT2D eigenvalue weighted by atomic mass is 19.4. The highest BCUT2D eigenvalue weighted by Crippen LogP contribution is 2.30. The van der Waals surface area contributed by atoms with Crippen LogP contribution in [0.1, 0.15) is 5.69 Å². The molecule has 130 valence electrons. The fourth-order valence-electron chi connectivity index (χ4n) is 2.41. The van der Waals surface area contributed by atoms with Gasteiger partial charge in [-0.25, -0.2) is 9.50 Å². The Kier molecular flexibility index (Phi) is 3.80. The Bertz CT molecular complexity index is 1060. The molecule has 4 rings (SSSR count). The van der Waals surface area contributed by atoms with Gasteiger partial charge in [-0.05, 0) is 36.4 Å². The highest BCUT2D eigenvalue weighted by molar-refractivity contribution is 5.61. The van der Waals surface area contributed by atoms with E-state index in [4.69, 9.17) is 4.74 Å². The minimum absolute atomic E-state index is 0.00772. The van der Waals surface area contributed by atoms with Crippen molar-refractivity contribution in [3.05, 3.63) is 72.6 Å². The molecule has 0 radical (unpaired) electrons. The molecule has 3 aromatic heterocycles. The van der Waals surface area contributed by atoms with Crippen molar-refractivity contribution in [1.29, 1.82) is 0 Å². The SMILES string of the molecule is FC(F)(F)c1cccc(-c2nc(Oc3ccccc3)c3cccn3n2)n1. The van der Waals surface area contributed by atoms with Gasteiger partial charge in [0.15, 0.2) is 0 Å². The number of benzene rings is 1. The lowest BCUT2D eigenvalue weighted by atomic mass is 10.3. The molecule has 0 N–H and O–H groups in total. The van der Waals surface area contributed by atoms with Crippen molar-refractivity contribution in [3.63, 3.8) is 0 Å². The Morgan fingerprint density at radius 1 is 0.846 bits per heavy atom. The molecular weight excluding hydrogens is 345 g/mol. The number of halogens is 3. The summed E-state index contributed by atoms with van der Waals surface area (Å²) in [4.78, 5) is 7.91. The van der Waals surface area contributed by atoms with Crippen LogP contribution < -0.4 is 4.74 Å². The van der Waals surface area contributed by atoms with Gasteiger partial charge < -0.3 is 4.74 Å². The van der Waals surface area contributed by atoms with E-state index >= 15 is 0 Å². The number of ether oxygens (including phenoxy) is 1. The Labute approximate surface area is 145 Å². The van der Waals surface area contributed by atoms with Crippen molar-refractivity contribution < 1.29 is 17.9 Å². The molecule has 0 atom stereocenters. The van der Waals surface area contributed by atoms with Crippen LogP contribution in [0.25, 0.3) is 17.0 Å². The van der Waals surface area contributed by atoms with Gasteiger partial charge in [-0.2, -0.15) is 18.2 Å². The fraction of sp³-hybridized carbons (Fsp3) is 0.0556. The second-order valence-electron chi connectivity index (χ2n) is 5.40. The molecule has 1 aromatic carbocycles. The van der Waals surface area contributed by atoms with Crippen molar-refractivity contribution in [2.75, 3.05) is 0 Å². The second-order valence-corrected chi connectivity index (χ2v) is 5.40. The molecule has 0 aliphatic rings. The third-order valence-electron chi connectivity index (χ3n) is 3.58. The first-order valence-corrected chi connectivity index (χ1v) is 7.64. The maximum atomic E-state index is 12.9. The lowest BCUT2D eigenvalue weighted by Gasteiger charge is -2.10. The predicted molar refractivity (Wildman–Crippen MR) is 87.7 cm³/mol.